The van der Waals surface area contributed by atoms with Crippen molar-refractivity contribution in [3.63, 3.8) is 0 Å². The molecular formula is C17H15NO4. The molecule has 1 N–H and O–H groups in total. The molecule has 0 aliphatic heterocycles. The first kappa shape index (κ1) is 14.0. The first-order valence-electron chi connectivity index (χ1n) is 6.71. The Balaban J connectivity index is 2.26. The molecule has 0 unspecified atom stereocenters. The van der Waals surface area contributed by atoms with E-state index in [1.807, 2.05) is 24.4 Å². The van der Waals surface area contributed by atoms with Gasteiger partial charge in [-0.15, -0.1) is 0 Å². The third-order valence-electron chi connectivity index (χ3n) is 3.59. The van der Waals surface area contributed by atoms with Crippen molar-refractivity contribution in [2.45, 2.75) is 0 Å². The molecule has 5 heteroatoms. The van der Waals surface area contributed by atoms with Crippen LogP contribution >= 0.6 is 0 Å². The van der Waals surface area contributed by atoms with E-state index >= 15 is 0 Å². The molecule has 0 aliphatic carbocycles. The van der Waals surface area contributed by atoms with Crippen LogP contribution in [0.1, 0.15) is 10.4 Å². The fourth-order valence-electron chi connectivity index (χ4n) is 2.57. The molecule has 3 aromatic rings. The lowest BCUT2D eigenvalue weighted by molar-refractivity contribution is 0.0700. The van der Waals surface area contributed by atoms with Gasteiger partial charge in [-0.1, -0.05) is 12.1 Å². The van der Waals surface area contributed by atoms with Crippen molar-refractivity contribution in [3.05, 3.63) is 54.4 Å². The number of carbonyl (C=O) groups is 1. The number of hydrogen-bond donors (Lipinski definition) is 1. The Labute approximate surface area is 127 Å². The monoisotopic (exact) mass is 297 g/mol. The van der Waals surface area contributed by atoms with E-state index in [0.717, 1.165) is 5.56 Å². The zero-order valence-electron chi connectivity index (χ0n) is 12.2. The average Bonchev–Trinajstić information content (AvgIpc) is 2.93. The molecule has 0 saturated heterocycles. The van der Waals surface area contributed by atoms with Gasteiger partial charge in [-0.25, -0.2) is 4.79 Å². The maximum Gasteiger partial charge on any atom is 0.338 e. The zero-order chi connectivity index (χ0) is 15.7. The lowest BCUT2D eigenvalue weighted by atomic mass is 10.0. The van der Waals surface area contributed by atoms with Crippen molar-refractivity contribution < 1.29 is 19.4 Å². The number of carboxylic acids is 1. The van der Waals surface area contributed by atoms with Crippen molar-refractivity contribution in [1.29, 1.82) is 0 Å². The molecule has 22 heavy (non-hydrogen) atoms. The Bertz CT molecular complexity index is 851. The van der Waals surface area contributed by atoms with E-state index in [4.69, 9.17) is 9.47 Å². The maximum atomic E-state index is 11.7. The summed E-state index contributed by atoms with van der Waals surface area (Å²) in [6.07, 6.45) is 3.63. The first-order valence-corrected chi connectivity index (χ1v) is 6.71. The summed E-state index contributed by atoms with van der Waals surface area (Å²) < 4.78 is 12.3. The fourth-order valence-corrected chi connectivity index (χ4v) is 2.57. The molecule has 5 nitrogen and oxygen atoms in total. The SMILES string of the molecule is COc1ccc(-c2cn3ccccc3c2C(=O)O)cc1OC. The lowest BCUT2D eigenvalue weighted by Gasteiger charge is -2.09. The van der Waals surface area contributed by atoms with Crippen LogP contribution in [-0.2, 0) is 0 Å². The Kier molecular flexibility index (Phi) is 3.47. The van der Waals surface area contributed by atoms with Crippen LogP contribution in [0.5, 0.6) is 11.5 Å². The number of benzene rings is 1. The van der Waals surface area contributed by atoms with Crippen LogP contribution < -0.4 is 9.47 Å². The predicted octanol–water partition coefficient (Wildman–Crippen LogP) is 3.32. The maximum absolute atomic E-state index is 11.7. The predicted molar refractivity (Wildman–Crippen MR) is 82.9 cm³/mol. The van der Waals surface area contributed by atoms with E-state index in [1.54, 1.807) is 43.0 Å². The van der Waals surface area contributed by atoms with Crippen molar-refractivity contribution in [1.82, 2.24) is 4.40 Å². The van der Waals surface area contributed by atoms with Crippen molar-refractivity contribution >= 4 is 11.5 Å². The number of pyridine rings is 1. The number of fused-ring (bicyclic) bond motifs is 1. The van der Waals surface area contributed by atoms with Crippen LogP contribution in [0.25, 0.3) is 16.6 Å². The number of nitrogens with zero attached hydrogens (tertiary/aromatic N) is 1. The second kappa shape index (κ2) is 5.44. The Morgan fingerprint density at radius 1 is 1.09 bits per heavy atom. The van der Waals surface area contributed by atoms with Crippen molar-refractivity contribution in [3.8, 4) is 22.6 Å². The minimum absolute atomic E-state index is 0.271. The Morgan fingerprint density at radius 2 is 1.86 bits per heavy atom. The van der Waals surface area contributed by atoms with E-state index in [-0.39, 0.29) is 5.56 Å². The molecule has 112 valence electrons. The molecule has 0 saturated carbocycles. The summed E-state index contributed by atoms with van der Waals surface area (Å²) in [5.74, 6) is 0.206. The number of hydrogen-bond acceptors (Lipinski definition) is 3. The van der Waals surface area contributed by atoms with Gasteiger partial charge in [-0.2, -0.15) is 0 Å². The molecule has 1 aromatic carbocycles. The lowest BCUT2D eigenvalue weighted by Crippen LogP contribution is -1.98. The van der Waals surface area contributed by atoms with Crippen LogP contribution in [0.4, 0.5) is 0 Å². The highest BCUT2D eigenvalue weighted by atomic mass is 16.5. The highest BCUT2D eigenvalue weighted by Gasteiger charge is 2.19. The van der Waals surface area contributed by atoms with Crippen molar-refractivity contribution in [2.75, 3.05) is 14.2 Å². The second-order valence-corrected chi connectivity index (χ2v) is 4.79. The van der Waals surface area contributed by atoms with E-state index < -0.39 is 5.97 Å². The third-order valence-corrected chi connectivity index (χ3v) is 3.59. The molecule has 0 spiro atoms. The molecule has 2 aromatic heterocycles. The normalized spacial score (nSPS) is 10.6. The van der Waals surface area contributed by atoms with Gasteiger partial charge in [-0.3, -0.25) is 0 Å². The molecule has 0 aliphatic rings. The largest absolute Gasteiger partial charge is 0.493 e. The van der Waals surface area contributed by atoms with Crippen LogP contribution in [-0.4, -0.2) is 29.7 Å². The minimum atomic E-state index is -0.960. The standard InChI is InChI=1S/C17H15NO4/c1-21-14-7-6-11(9-15(14)22-2)12-10-18-8-4-3-5-13(18)16(12)17(19)20/h3-10H,1-2H3,(H,19,20). The molecule has 2 heterocycles. The van der Waals surface area contributed by atoms with Gasteiger partial charge in [0.2, 0.25) is 0 Å². The van der Waals surface area contributed by atoms with Gasteiger partial charge in [-0.05, 0) is 29.8 Å². The second-order valence-electron chi connectivity index (χ2n) is 4.79. The summed E-state index contributed by atoms with van der Waals surface area (Å²) in [4.78, 5) is 11.7. The van der Waals surface area contributed by atoms with E-state index in [2.05, 4.69) is 0 Å². The summed E-state index contributed by atoms with van der Waals surface area (Å²) in [6.45, 7) is 0. The first-order chi connectivity index (χ1) is 10.7. The van der Waals surface area contributed by atoms with Gasteiger partial charge in [0.1, 0.15) is 0 Å². The van der Waals surface area contributed by atoms with Gasteiger partial charge in [0.15, 0.2) is 11.5 Å². The number of rotatable bonds is 4. The average molecular weight is 297 g/mol. The summed E-state index contributed by atoms with van der Waals surface area (Å²) in [7, 11) is 3.11. The number of aromatic nitrogens is 1. The fraction of sp³-hybridized carbons (Fsp3) is 0.118. The summed E-state index contributed by atoms with van der Waals surface area (Å²) in [5.41, 5.74) is 2.33. The number of aromatic carboxylic acids is 1. The van der Waals surface area contributed by atoms with E-state index in [9.17, 15) is 9.90 Å². The molecule has 0 bridgehead atoms. The van der Waals surface area contributed by atoms with Gasteiger partial charge in [0.25, 0.3) is 0 Å². The molecule has 3 rings (SSSR count). The topological polar surface area (TPSA) is 60.2 Å². The molecule has 0 radical (unpaired) electrons. The zero-order valence-corrected chi connectivity index (χ0v) is 12.2. The van der Waals surface area contributed by atoms with Crippen LogP contribution in [0.15, 0.2) is 48.8 Å². The molecule has 0 atom stereocenters. The van der Waals surface area contributed by atoms with Crippen molar-refractivity contribution in [2.24, 2.45) is 0 Å². The molecular weight excluding hydrogens is 282 g/mol. The third kappa shape index (κ3) is 2.16. The van der Waals surface area contributed by atoms with Crippen LogP contribution in [0, 0.1) is 0 Å². The number of carboxylic acid groups (broad SMARTS) is 1. The van der Waals surface area contributed by atoms with Crippen LogP contribution in [0.2, 0.25) is 0 Å². The summed E-state index contributed by atoms with van der Waals surface area (Å²) >= 11 is 0. The summed E-state index contributed by atoms with van der Waals surface area (Å²) in [5, 5.41) is 9.57. The minimum Gasteiger partial charge on any atom is -0.493 e. The van der Waals surface area contributed by atoms with E-state index in [1.165, 1.54) is 0 Å². The number of ether oxygens (including phenoxy) is 2. The molecule has 0 amide bonds. The smallest absolute Gasteiger partial charge is 0.338 e. The highest BCUT2D eigenvalue weighted by Crippen LogP contribution is 2.35. The summed E-state index contributed by atoms with van der Waals surface area (Å²) in [6, 6.07) is 10.8. The molecule has 0 fully saturated rings. The van der Waals surface area contributed by atoms with Crippen LogP contribution in [0.3, 0.4) is 0 Å². The van der Waals surface area contributed by atoms with Gasteiger partial charge < -0.3 is 19.0 Å². The number of methoxy groups -OCH3 is 2. The Hall–Kier alpha value is -2.95. The van der Waals surface area contributed by atoms with Gasteiger partial charge >= 0.3 is 5.97 Å². The Morgan fingerprint density at radius 3 is 2.55 bits per heavy atom. The van der Waals surface area contributed by atoms with Gasteiger partial charge in [0, 0.05) is 18.0 Å². The van der Waals surface area contributed by atoms with E-state index in [0.29, 0.717) is 22.6 Å². The quantitative estimate of drug-likeness (QED) is 0.802. The highest BCUT2D eigenvalue weighted by molar-refractivity contribution is 6.03. The van der Waals surface area contributed by atoms with Gasteiger partial charge in [0.05, 0.1) is 25.3 Å².